The molecule has 0 amide bonds. The third kappa shape index (κ3) is 6960. The van der Waals surface area contributed by atoms with Crippen molar-refractivity contribution in [2.45, 2.75) is 48.5 Å². The normalized spacial score (nSPS) is 5.48. The molecule has 0 aromatic heterocycles. The minimum atomic E-state index is 0. The number of rotatable bonds is 0. The van der Waals surface area contributed by atoms with Crippen LogP contribution < -0.4 is 35.7 Å². The molecule has 23 heavy (non-hydrogen) atoms. The molecule has 0 fully saturated rings. The molecule has 0 atom stereocenters. The summed E-state index contributed by atoms with van der Waals surface area (Å²) in [5, 5.41) is 62.5. The Bertz CT molecular complexity index is 50.7. The van der Waals surface area contributed by atoms with Crippen LogP contribution in [0.1, 0.15) is 48.5 Å². The van der Waals surface area contributed by atoms with Gasteiger partial charge in [-0.05, 0) is 0 Å². The van der Waals surface area contributed by atoms with Crippen LogP contribution in [0.3, 0.4) is 0 Å². The van der Waals surface area contributed by atoms with Gasteiger partial charge in [0.15, 0.2) is 0 Å². The summed E-state index contributed by atoms with van der Waals surface area (Å²) in [4.78, 5) is 0. The van der Waals surface area contributed by atoms with Crippen molar-refractivity contribution in [3.8, 4) is 0 Å². The molecule has 0 aromatic rings. The van der Waals surface area contributed by atoms with Crippen LogP contribution in [0.2, 0.25) is 0 Å². The fourth-order valence-electron chi connectivity index (χ4n) is 0. The van der Waals surface area contributed by atoms with E-state index in [0.717, 1.165) is 0 Å². The van der Waals surface area contributed by atoms with Crippen molar-refractivity contribution in [2.24, 2.45) is 0 Å². The molecule has 0 N–H and O–H groups in total. The van der Waals surface area contributed by atoms with Gasteiger partial charge in [-0.1, -0.05) is 48.5 Å². The van der Waals surface area contributed by atoms with Gasteiger partial charge in [0.1, 0.15) is 0 Å². The van der Waals surface area contributed by atoms with E-state index in [-0.39, 0.29) is 91.7 Å². The van der Waals surface area contributed by atoms with Crippen LogP contribution >= 0.6 is 0 Å². The average Bonchev–Trinajstić information content (AvgIpc) is 2.35. The van der Waals surface area contributed by atoms with E-state index in [0.29, 0.717) is 0 Å². The fourth-order valence-corrected chi connectivity index (χ4v) is 0. The molecule has 140 valence electrons. The Labute approximate surface area is 175 Å². The Kier molecular flexibility index (Phi) is 416. The molecule has 0 rings (SSSR count). The SMILES string of the molecule is CC[O-].CC[O-].CC[O-].CC[O-].CC[O-].CC[O-].CC[O-].[Mg+2].[Nb+5]. The predicted octanol–water partition coefficient (Wildman–Crippen LogP) is -4.82. The molecule has 7 nitrogen and oxygen atoms in total. The standard InChI is InChI=1S/7C2H5O.Mg.Nb/c7*1-2-3;;/h7*2H2,1H3;;/q7*-1;+2;+5. The molecular formula is C14H35MgNbO7. The van der Waals surface area contributed by atoms with E-state index >= 15 is 0 Å². The van der Waals surface area contributed by atoms with Crippen molar-refractivity contribution >= 4 is 23.1 Å². The van der Waals surface area contributed by atoms with Gasteiger partial charge >= 0.3 is 45.4 Å². The van der Waals surface area contributed by atoms with Crippen LogP contribution in [-0.2, 0) is 22.4 Å². The van der Waals surface area contributed by atoms with Crippen LogP contribution in [0.4, 0.5) is 0 Å². The van der Waals surface area contributed by atoms with Crippen LogP contribution in [0.25, 0.3) is 0 Å². The van der Waals surface area contributed by atoms with Gasteiger partial charge in [-0.2, -0.15) is 0 Å². The molecule has 0 saturated heterocycles. The topological polar surface area (TPSA) is 161 Å². The summed E-state index contributed by atoms with van der Waals surface area (Å²) in [6, 6.07) is 0. The maximum atomic E-state index is 8.93. The maximum Gasteiger partial charge on any atom is 5.00 e. The van der Waals surface area contributed by atoms with E-state index in [9.17, 15) is 0 Å². The largest absolute Gasteiger partial charge is 5.00 e. The Hall–Kier alpha value is 1.23. The van der Waals surface area contributed by atoms with E-state index in [4.69, 9.17) is 35.7 Å². The molecule has 0 unspecified atom stereocenters. The second-order valence-corrected chi connectivity index (χ2v) is 2.02. The Morgan fingerprint density at radius 1 is 0.348 bits per heavy atom. The summed E-state index contributed by atoms with van der Waals surface area (Å²) in [7, 11) is 0. The molecule has 0 aliphatic heterocycles. The fraction of sp³-hybridized carbons (Fsp3) is 1.00. The summed E-state index contributed by atoms with van der Waals surface area (Å²) in [6.45, 7) is 11.0. The molecule has 0 heterocycles. The van der Waals surface area contributed by atoms with Gasteiger partial charge in [0.05, 0.1) is 0 Å². The second kappa shape index (κ2) is 170. The molecule has 0 bridgehead atoms. The van der Waals surface area contributed by atoms with Crippen LogP contribution in [0, 0.1) is 0 Å². The van der Waals surface area contributed by atoms with Crippen molar-refractivity contribution in [3.05, 3.63) is 0 Å². The molecule has 0 spiro atoms. The maximum absolute atomic E-state index is 8.93. The van der Waals surface area contributed by atoms with Crippen molar-refractivity contribution in [3.63, 3.8) is 0 Å². The quantitative estimate of drug-likeness (QED) is 0.347. The third-order valence-electron chi connectivity index (χ3n) is 0. The molecule has 0 aromatic carbocycles. The van der Waals surface area contributed by atoms with E-state index in [1.807, 2.05) is 0 Å². The van der Waals surface area contributed by atoms with E-state index in [1.165, 1.54) is 0 Å². The van der Waals surface area contributed by atoms with Crippen LogP contribution in [0.15, 0.2) is 0 Å². The average molecular weight is 433 g/mol. The zero-order chi connectivity index (χ0) is 18.9. The first-order chi connectivity index (χ1) is 9.90. The molecular weight excluding hydrogens is 397 g/mol. The van der Waals surface area contributed by atoms with Gasteiger partial charge in [0.2, 0.25) is 0 Å². The number of hydrogen-bond donors (Lipinski definition) is 0. The van der Waals surface area contributed by atoms with Gasteiger partial charge in [-0.25, -0.2) is 0 Å². The third-order valence-corrected chi connectivity index (χ3v) is 0. The minimum absolute atomic E-state index is 0. The summed E-state index contributed by atoms with van der Waals surface area (Å²) >= 11 is 0. The van der Waals surface area contributed by atoms with Gasteiger partial charge in [0.25, 0.3) is 0 Å². The summed E-state index contributed by atoms with van der Waals surface area (Å²) < 4.78 is 0. The monoisotopic (exact) mass is 432 g/mol. The Morgan fingerprint density at radius 2 is 0.348 bits per heavy atom. The summed E-state index contributed by atoms with van der Waals surface area (Å²) in [5.41, 5.74) is 0. The van der Waals surface area contributed by atoms with Gasteiger partial charge in [-0.15, -0.1) is 46.2 Å². The van der Waals surface area contributed by atoms with Crippen LogP contribution in [0.5, 0.6) is 0 Å². The second-order valence-electron chi connectivity index (χ2n) is 2.02. The van der Waals surface area contributed by atoms with Gasteiger partial charge in [0, 0.05) is 0 Å². The van der Waals surface area contributed by atoms with E-state index in [1.54, 1.807) is 48.5 Å². The number of hydrogen-bond acceptors (Lipinski definition) is 7. The minimum Gasteiger partial charge on any atom is -0.855 e. The molecule has 0 aliphatic carbocycles. The van der Waals surface area contributed by atoms with Gasteiger partial charge in [-0.3, -0.25) is 0 Å². The predicted molar refractivity (Wildman–Crippen MR) is 79.5 cm³/mol. The molecule has 9 heteroatoms. The zero-order valence-electron chi connectivity index (χ0n) is 16.0. The van der Waals surface area contributed by atoms with E-state index < -0.39 is 0 Å². The first kappa shape index (κ1) is 56.4. The Balaban J connectivity index is -0.0000000140. The smallest absolute Gasteiger partial charge is 0.855 e. The zero-order valence-corrected chi connectivity index (χ0v) is 19.6. The van der Waals surface area contributed by atoms with Gasteiger partial charge < -0.3 is 35.7 Å². The first-order valence-electron chi connectivity index (χ1n) is 6.97. The van der Waals surface area contributed by atoms with Crippen molar-refractivity contribution in [2.75, 3.05) is 46.2 Å². The summed E-state index contributed by atoms with van der Waals surface area (Å²) in [6.07, 6.45) is 0. The molecule has 0 aliphatic rings. The summed E-state index contributed by atoms with van der Waals surface area (Å²) in [5.74, 6) is 0. The Morgan fingerprint density at radius 3 is 0.348 bits per heavy atom. The molecule has 0 saturated carbocycles. The van der Waals surface area contributed by atoms with Crippen molar-refractivity contribution < 1.29 is 58.1 Å². The first-order valence-corrected chi connectivity index (χ1v) is 6.97. The molecule has 0 radical (unpaired) electrons. The van der Waals surface area contributed by atoms with E-state index in [2.05, 4.69) is 0 Å². The van der Waals surface area contributed by atoms with Crippen LogP contribution in [-0.4, -0.2) is 69.3 Å². The van der Waals surface area contributed by atoms with Crippen molar-refractivity contribution in [1.82, 2.24) is 0 Å². The van der Waals surface area contributed by atoms with Crippen molar-refractivity contribution in [1.29, 1.82) is 0 Å².